The van der Waals surface area contributed by atoms with Crippen LogP contribution in [0.1, 0.15) is 34.0 Å². The lowest BCUT2D eigenvalue weighted by Crippen LogP contribution is -2.51. The van der Waals surface area contributed by atoms with Gasteiger partial charge in [-0.1, -0.05) is 36.4 Å². The van der Waals surface area contributed by atoms with Crippen molar-refractivity contribution >= 4 is 11.8 Å². The fraction of sp³-hybridized carbons (Fsp3) is 0.417. The van der Waals surface area contributed by atoms with Gasteiger partial charge in [0, 0.05) is 25.2 Å². The van der Waals surface area contributed by atoms with E-state index in [0.717, 1.165) is 51.3 Å². The van der Waals surface area contributed by atoms with Crippen molar-refractivity contribution in [2.45, 2.75) is 38.5 Å². The van der Waals surface area contributed by atoms with Crippen LogP contribution < -0.4 is 10.8 Å². The van der Waals surface area contributed by atoms with Crippen molar-refractivity contribution in [2.75, 3.05) is 26.3 Å². The van der Waals surface area contributed by atoms with E-state index in [-0.39, 0.29) is 0 Å². The smallest absolute Gasteiger partial charge is 0.268 e. The van der Waals surface area contributed by atoms with E-state index in [4.69, 9.17) is 9.94 Å². The Kier molecular flexibility index (Phi) is 8.75. The molecule has 1 aliphatic rings. The van der Waals surface area contributed by atoms with E-state index in [0.29, 0.717) is 5.56 Å². The van der Waals surface area contributed by atoms with Gasteiger partial charge >= 0.3 is 0 Å². The molecule has 0 radical (unpaired) electrons. The van der Waals surface area contributed by atoms with E-state index in [9.17, 15) is 14.7 Å². The van der Waals surface area contributed by atoms with E-state index in [1.165, 1.54) is 23.5 Å². The van der Waals surface area contributed by atoms with E-state index in [1.807, 2.05) is 12.1 Å². The highest BCUT2D eigenvalue weighted by Crippen LogP contribution is 2.13. The van der Waals surface area contributed by atoms with Crippen molar-refractivity contribution in [3.8, 4) is 0 Å². The van der Waals surface area contributed by atoms with E-state index in [2.05, 4.69) is 34.5 Å². The van der Waals surface area contributed by atoms with Crippen molar-refractivity contribution in [3.05, 3.63) is 70.8 Å². The van der Waals surface area contributed by atoms with Crippen molar-refractivity contribution in [3.63, 3.8) is 0 Å². The van der Waals surface area contributed by atoms with Crippen LogP contribution in [0.5, 0.6) is 0 Å². The zero-order chi connectivity index (χ0) is 22.9. The third-order valence-corrected chi connectivity index (χ3v) is 5.61. The summed E-state index contributed by atoms with van der Waals surface area (Å²) in [7, 11) is 0. The Hall–Kier alpha value is -2.78. The van der Waals surface area contributed by atoms with Crippen molar-refractivity contribution in [1.29, 1.82) is 0 Å². The number of carbonyl (C=O) groups is 2. The fourth-order valence-corrected chi connectivity index (χ4v) is 3.64. The normalized spacial score (nSPS) is 16.2. The zero-order valence-electron chi connectivity index (χ0n) is 18.3. The second-order valence-corrected chi connectivity index (χ2v) is 8.07. The Balaban J connectivity index is 1.50. The second-order valence-electron chi connectivity index (χ2n) is 8.07. The Morgan fingerprint density at radius 1 is 0.969 bits per heavy atom. The van der Waals surface area contributed by atoms with E-state index >= 15 is 0 Å². The molecule has 2 atom stereocenters. The first kappa shape index (κ1) is 23.9. The molecule has 8 nitrogen and oxygen atoms in total. The summed E-state index contributed by atoms with van der Waals surface area (Å²) in [4.78, 5) is 26.3. The maximum Gasteiger partial charge on any atom is 0.268 e. The fourth-order valence-electron chi connectivity index (χ4n) is 3.64. The minimum Gasteiger partial charge on any atom is -0.391 e. The molecule has 0 spiro atoms. The highest BCUT2D eigenvalue weighted by Gasteiger charge is 2.25. The van der Waals surface area contributed by atoms with Gasteiger partial charge in [-0.15, -0.1) is 0 Å². The topological polar surface area (TPSA) is 111 Å². The number of hydrogen-bond donors (Lipinski definition) is 4. The number of morpholine rings is 1. The molecular weight excluding hydrogens is 410 g/mol. The molecule has 2 aromatic carbocycles. The Bertz CT molecular complexity index is 878. The van der Waals surface area contributed by atoms with Crippen LogP contribution in [0.25, 0.3) is 0 Å². The van der Waals surface area contributed by atoms with Crippen LogP contribution >= 0.6 is 0 Å². The summed E-state index contributed by atoms with van der Waals surface area (Å²) in [5.74, 6) is -1.37. The quantitative estimate of drug-likeness (QED) is 0.345. The summed E-state index contributed by atoms with van der Waals surface area (Å²) in [5, 5.41) is 20.8. The van der Waals surface area contributed by atoms with Crippen LogP contribution in [-0.4, -0.2) is 65.5 Å². The van der Waals surface area contributed by atoms with Crippen LogP contribution in [0, 0.1) is 0 Å². The number of nitrogens with zero attached hydrogens (tertiary/aromatic N) is 1. The summed E-state index contributed by atoms with van der Waals surface area (Å²) >= 11 is 0. The summed E-state index contributed by atoms with van der Waals surface area (Å²) in [6.45, 7) is 5.87. The predicted molar refractivity (Wildman–Crippen MR) is 119 cm³/mol. The van der Waals surface area contributed by atoms with Gasteiger partial charge < -0.3 is 15.2 Å². The molecule has 0 saturated carbocycles. The lowest BCUT2D eigenvalue weighted by molar-refractivity contribution is -0.133. The molecule has 0 unspecified atom stereocenters. The van der Waals surface area contributed by atoms with Crippen LogP contribution in [0.15, 0.2) is 48.5 Å². The molecule has 2 amide bonds. The molecule has 0 bridgehead atoms. The minimum atomic E-state index is -1.24. The van der Waals surface area contributed by atoms with Gasteiger partial charge in [0.2, 0.25) is 0 Å². The summed E-state index contributed by atoms with van der Waals surface area (Å²) in [6, 6.07) is 14.6. The monoisotopic (exact) mass is 441 g/mol. The molecule has 1 heterocycles. The third-order valence-electron chi connectivity index (χ3n) is 5.61. The van der Waals surface area contributed by atoms with Gasteiger partial charge in [0.05, 0.1) is 19.3 Å². The number of aliphatic hydroxyl groups is 1. The number of benzene rings is 2. The van der Waals surface area contributed by atoms with Crippen LogP contribution in [-0.2, 0) is 28.9 Å². The lowest BCUT2D eigenvalue weighted by atomic mass is 10.0. The largest absolute Gasteiger partial charge is 0.391 e. The van der Waals surface area contributed by atoms with Crippen LogP contribution in [0.3, 0.4) is 0 Å². The highest BCUT2D eigenvalue weighted by molar-refractivity contribution is 5.97. The maximum atomic E-state index is 12.4. The van der Waals surface area contributed by atoms with Gasteiger partial charge in [-0.3, -0.25) is 19.7 Å². The number of rotatable bonds is 9. The first-order valence-electron chi connectivity index (χ1n) is 10.9. The minimum absolute atomic E-state index is 0.373. The summed E-state index contributed by atoms with van der Waals surface area (Å²) < 4.78 is 5.39. The van der Waals surface area contributed by atoms with Crippen LogP contribution in [0.4, 0.5) is 0 Å². The van der Waals surface area contributed by atoms with Gasteiger partial charge in [-0.25, -0.2) is 5.48 Å². The van der Waals surface area contributed by atoms with E-state index in [1.54, 1.807) is 12.1 Å². The SMILES string of the molecule is C[C@@H](O)[C@H](NC(=O)c1ccc(CCc2ccc(CN3CCOCC3)cc2)cc1)C(=O)NO. The van der Waals surface area contributed by atoms with E-state index < -0.39 is 24.0 Å². The van der Waals surface area contributed by atoms with Gasteiger partial charge in [0.15, 0.2) is 0 Å². The molecule has 32 heavy (non-hydrogen) atoms. The highest BCUT2D eigenvalue weighted by atomic mass is 16.5. The Morgan fingerprint density at radius 2 is 1.50 bits per heavy atom. The molecule has 1 aliphatic heterocycles. The van der Waals surface area contributed by atoms with Crippen molar-refractivity contribution < 1.29 is 24.6 Å². The second kappa shape index (κ2) is 11.7. The maximum absolute atomic E-state index is 12.4. The van der Waals surface area contributed by atoms with Crippen LogP contribution in [0.2, 0.25) is 0 Å². The number of nitrogens with one attached hydrogen (secondary N) is 2. The first-order valence-corrected chi connectivity index (χ1v) is 10.9. The number of aryl methyl sites for hydroxylation is 2. The Labute approximate surface area is 188 Å². The Morgan fingerprint density at radius 3 is 2.03 bits per heavy atom. The summed E-state index contributed by atoms with van der Waals surface area (Å²) in [6.07, 6.45) is 0.587. The average Bonchev–Trinajstić information content (AvgIpc) is 2.82. The van der Waals surface area contributed by atoms with Crippen molar-refractivity contribution in [2.24, 2.45) is 0 Å². The number of ether oxygens (including phenoxy) is 1. The number of aliphatic hydroxyl groups excluding tert-OH is 1. The van der Waals surface area contributed by atoms with Crippen molar-refractivity contribution in [1.82, 2.24) is 15.7 Å². The molecule has 2 aromatic rings. The average molecular weight is 442 g/mol. The number of hydroxylamine groups is 1. The molecule has 4 N–H and O–H groups in total. The summed E-state index contributed by atoms with van der Waals surface area (Å²) in [5.41, 5.74) is 5.48. The molecule has 172 valence electrons. The molecule has 1 saturated heterocycles. The molecule has 8 heteroatoms. The molecule has 0 aliphatic carbocycles. The van der Waals surface area contributed by atoms with Gasteiger partial charge in [-0.05, 0) is 48.6 Å². The number of hydrogen-bond acceptors (Lipinski definition) is 6. The first-order chi connectivity index (χ1) is 15.5. The third kappa shape index (κ3) is 6.86. The number of carbonyl (C=O) groups excluding carboxylic acids is 2. The standard InChI is InChI=1S/C24H31N3O5/c1-17(28)22(24(30)26-31)25-23(29)21-10-8-19(9-11-21)3-2-18-4-6-20(7-5-18)16-27-12-14-32-15-13-27/h4-11,17,22,28,31H,2-3,12-16H2,1H3,(H,25,29)(H,26,30)/t17-,22+/m1/s1. The molecular formula is C24H31N3O5. The van der Waals surface area contributed by atoms with Gasteiger partial charge in [0.25, 0.3) is 11.8 Å². The molecule has 0 aromatic heterocycles. The molecule has 3 rings (SSSR count). The lowest BCUT2D eigenvalue weighted by Gasteiger charge is -2.26. The predicted octanol–water partition coefficient (Wildman–Crippen LogP) is 1.29. The molecule has 1 fully saturated rings. The number of amides is 2. The zero-order valence-corrected chi connectivity index (χ0v) is 18.3. The van der Waals surface area contributed by atoms with Gasteiger partial charge in [0.1, 0.15) is 6.04 Å². The van der Waals surface area contributed by atoms with Gasteiger partial charge in [-0.2, -0.15) is 0 Å².